The van der Waals surface area contributed by atoms with Crippen LogP contribution in [0.25, 0.3) is 0 Å². The van der Waals surface area contributed by atoms with Crippen molar-refractivity contribution in [2.45, 2.75) is 31.7 Å². The van der Waals surface area contributed by atoms with Gasteiger partial charge in [-0.25, -0.2) is 4.68 Å². The van der Waals surface area contributed by atoms with Gasteiger partial charge in [-0.1, -0.05) is 34.8 Å². The first-order valence-electron chi connectivity index (χ1n) is 6.84. The summed E-state index contributed by atoms with van der Waals surface area (Å²) in [4.78, 5) is 12.3. The molecule has 1 amide bonds. The smallest absolute Gasteiger partial charge is 0.256 e. The SMILES string of the molecule is O=C(Nc1ccnn1C1CCCC1)c1cccc(Br)c1. The summed E-state index contributed by atoms with van der Waals surface area (Å²) in [6, 6.07) is 9.64. The van der Waals surface area contributed by atoms with E-state index in [1.54, 1.807) is 12.3 Å². The molecule has 1 N–H and O–H groups in total. The van der Waals surface area contributed by atoms with Gasteiger partial charge < -0.3 is 5.32 Å². The summed E-state index contributed by atoms with van der Waals surface area (Å²) in [5.41, 5.74) is 0.638. The van der Waals surface area contributed by atoms with Crippen molar-refractivity contribution in [3.8, 4) is 0 Å². The van der Waals surface area contributed by atoms with Crippen molar-refractivity contribution in [3.05, 3.63) is 46.6 Å². The Morgan fingerprint density at radius 3 is 2.85 bits per heavy atom. The number of hydrogen-bond donors (Lipinski definition) is 1. The molecule has 0 bridgehead atoms. The molecular weight excluding hydrogens is 318 g/mol. The molecule has 3 rings (SSSR count). The fraction of sp³-hybridized carbons (Fsp3) is 0.333. The van der Waals surface area contributed by atoms with E-state index in [1.807, 2.05) is 28.9 Å². The third-order valence-corrected chi connectivity index (χ3v) is 4.16. The maximum atomic E-state index is 12.3. The van der Waals surface area contributed by atoms with Crippen LogP contribution in [0, 0.1) is 0 Å². The Morgan fingerprint density at radius 1 is 1.30 bits per heavy atom. The molecule has 5 heteroatoms. The quantitative estimate of drug-likeness (QED) is 0.922. The van der Waals surface area contributed by atoms with Crippen LogP contribution in [0.5, 0.6) is 0 Å². The lowest BCUT2D eigenvalue weighted by Gasteiger charge is -2.14. The van der Waals surface area contributed by atoms with Crippen molar-refractivity contribution in [2.24, 2.45) is 0 Å². The molecule has 20 heavy (non-hydrogen) atoms. The van der Waals surface area contributed by atoms with Crippen molar-refractivity contribution in [1.82, 2.24) is 9.78 Å². The molecule has 1 aliphatic rings. The number of nitrogens with one attached hydrogen (secondary N) is 1. The number of hydrogen-bond acceptors (Lipinski definition) is 2. The molecule has 1 heterocycles. The molecule has 0 radical (unpaired) electrons. The van der Waals surface area contributed by atoms with E-state index >= 15 is 0 Å². The lowest BCUT2D eigenvalue weighted by molar-refractivity contribution is 0.102. The summed E-state index contributed by atoms with van der Waals surface area (Å²) in [6.07, 6.45) is 6.50. The predicted octanol–water partition coefficient (Wildman–Crippen LogP) is 4.01. The van der Waals surface area contributed by atoms with Crippen LogP contribution < -0.4 is 5.32 Å². The minimum absolute atomic E-state index is 0.106. The first-order chi connectivity index (χ1) is 9.74. The van der Waals surface area contributed by atoms with Crippen LogP contribution in [0.2, 0.25) is 0 Å². The molecule has 1 aliphatic carbocycles. The first kappa shape index (κ1) is 13.4. The van der Waals surface area contributed by atoms with Crippen molar-refractivity contribution < 1.29 is 4.79 Å². The van der Waals surface area contributed by atoms with Gasteiger partial charge in [0.1, 0.15) is 5.82 Å². The highest BCUT2D eigenvalue weighted by atomic mass is 79.9. The zero-order valence-electron chi connectivity index (χ0n) is 11.1. The minimum Gasteiger partial charge on any atom is -0.307 e. The molecular formula is C15H16BrN3O. The van der Waals surface area contributed by atoms with E-state index in [-0.39, 0.29) is 5.91 Å². The van der Waals surface area contributed by atoms with Gasteiger partial charge in [0, 0.05) is 16.1 Å². The summed E-state index contributed by atoms with van der Waals surface area (Å²) >= 11 is 3.38. The highest BCUT2D eigenvalue weighted by Crippen LogP contribution is 2.31. The van der Waals surface area contributed by atoms with Gasteiger partial charge in [-0.2, -0.15) is 5.10 Å². The zero-order valence-corrected chi connectivity index (χ0v) is 12.6. The molecule has 1 aromatic heterocycles. The number of carbonyl (C=O) groups is 1. The molecule has 0 saturated heterocycles. The Kier molecular flexibility index (Phi) is 3.87. The Bertz CT molecular complexity index is 617. The Balaban J connectivity index is 1.78. The molecule has 0 atom stereocenters. The Labute approximate surface area is 126 Å². The molecule has 0 aliphatic heterocycles. The minimum atomic E-state index is -0.106. The Hall–Kier alpha value is -1.62. The van der Waals surface area contributed by atoms with Gasteiger partial charge in [-0.15, -0.1) is 0 Å². The van der Waals surface area contributed by atoms with Gasteiger partial charge in [-0.05, 0) is 31.0 Å². The summed E-state index contributed by atoms with van der Waals surface area (Å²) in [7, 11) is 0. The van der Waals surface area contributed by atoms with Gasteiger partial charge in [0.15, 0.2) is 0 Å². The second kappa shape index (κ2) is 5.79. The average Bonchev–Trinajstić information content (AvgIpc) is 3.08. The van der Waals surface area contributed by atoms with Crippen LogP contribution in [0.3, 0.4) is 0 Å². The lowest BCUT2D eigenvalue weighted by atomic mass is 10.2. The standard InChI is InChI=1S/C15H16BrN3O/c16-12-5-3-4-11(10-12)15(20)18-14-8-9-17-19(14)13-6-1-2-7-13/h3-5,8-10,13H,1-2,6-7H2,(H,18,20). The molecule has 1 fully saturated rings. The highest BCUT2D eigenvalue weighted by Gasteiger charge is 2.20. The summed E-state index contributed by atoms with van der Waals surface area (Å²) in [6.45, 7) is 0. The lowest BCUT2D eigenvalue weighted by Crippen LogP contribution is -2.17. The maximum absolute atomic E-state index is 12.3. The van der Waals surface area contributed by atoms with Crippen molar-refractivity contribution in [3.63, 3.8) is 0 Å². The second-order valence-corrected chi connectivity index (χ2v) is 5.98. The van der Waals surface area contributed by atoms with Crippen molar-refractivity contribution in [2.75, 3.05) is 5.32 Å². The van der Waals surface area contributed by atoms with E-state index in [4.69, 9.17) is 0 Å². The van der Waals surface area contributed by atoms with Gasteiger partial charge in [-0.3, -0.25) is 4.79 Å². The fourth-order valence-electron chi connectivity index (χ4n) is 2.67. The number of nitrogens with zero attached hydrogens (tertiary/aromatic N) is 2. The first-order valence-corrected chi connectivity index (χ1v) is 7.64. The van der Waals surface area contributed by atoms with E-state index in [0.29, 0.717) is 11.6 Å². The second-order valence-electron chi connectivity index (χ2n) is 5.06. The topological polar surface area (TPSA) is 46.9 Å². The number of halogens is 1. The average molecular weight is 334 g/mol. The summed E-state index contributed by atoms with van der Waals surface area (Å²) < 4.78 is 2.84. The van der Waals surface area contributed by atoms with E-state index in [9.17, 15) is 4.79 Å². The summed E-state index contributed by atoms with van der Waals surface area (Å²) in [5.74, 6) is 0.674. The fourth-order valence-corrected chi connectivity index (χ4v) is 3.07. The van der Waals surface area contributed by atoms with E-state index in [2.05, 4.69) is 26.3 Å². The Morgan fingerprint density at radius 2 is 2.10 bits per heavy atom. The largest absolute Gasteiger partial charge is 0.307 e. The number of rotatable bonds is 3. The number of benzene rings is 1. The van der Waals surface area contributed by atoms with Crippen LogP contribution in [0.4, 0.5) is 5.82 Å². The monoisotopic (exact) mass is 333 g/mol. The highest BCUT2D eigenvalue weighted by molar-refractivity contribution is 9.10. The molecule has 0 unspecified atom stereocenters. The normalized spacial score (nSPS) is 15.4. The number of anilines is 1. The van der Waals surface area contributed by atoms with Crippen molar-refractivity contribution >= 4 is 27.7 Å². The molecule has 4 nitrogen and oxygen atoms in total. The molecule has 2 aromatic rings. The van der Waals surface area contributed by atoms with E-state index in [0.717, 1.165) is 23.1 Å². The van der Waals surface area contributed by atoms with E-state index < -0.39 is 0 Å². The molecule has 104 valence electrons. The van der Waals surface area contributed by atoms with Crippen molar-refractivity contribution in [1.29, 1.82) is 0 Å². The number of amides is 1. The zero-order chi connectivity index (χ0) is 13.9. The third kappa shape index (κ3) is 2.77. The van der Waals surface area contributed by atoms with Gasteiger partial charge in [0.05, 0.1) is 12.2 Å². The molecule has 1 saturated carbocycles. The van der Waals surface area contributed by atoms with Crippen LogP contribution in [-0.4, -0.2) is 15.7 Å². The van der Waals surface area contributed by atoms with Gasteiger partial charge in [0.2, 0.25) is 0 Å². The van der Waals surface area contributed by atoms with Crippen LogP contribution in [0.1, 0.15) is 42.1 Å². The third-order valence-electron chi connectivity index (χ3n) is 3.67. The number of carbonyl (C=O) groups excluding carboxylic acids is 1. The number of aromatic nitrogens is 2. The maximum Gasteiger partial charge on any atom is 0.256 e. The predicted molar refractivity (Wildman–Crippen MR) is 81.8 cm³/mol. The van der Waals surface area contributed by atoms with Gasteiger partial charge in [0.25, 0.3) is 5.91 Å². The molecule has 0 spiro atoms. The summed E-state index contributed by atoms with van der Waals surface area (Å²) in [5, 5.41) is 7.31. The van der Waals surface area contributed by atoms with Gasteiger partial charge >= 0.3 is 0 Å². The van der Waals surface area contributed by atoms with Crippen LogP contribution in [-0.2, 0) is 0 Å². The molecule has 1 aromatic carbocycles. The van der Waals surface area contributed by atoms with Crippen LogP contribution >= 0.6 is 15.9 Å². The van der Waals surface area contributed by atoms with E-state index in [1.165, 1.54) is 12.8 Å². The van der Waals surface area contributed by atoms with Crippen LogP contribution in [0.15, 0.2) is 41.0 Å².